The van der Waals surface area contributed by atoms with E-state index in [1.165, 1.54) is 6.07 Å². The van der Waals surface area contributed by atoms with Gasteiger partial charge < -0.3 is 0 Å². The maximum Gasteiger partial charge on any atom is 0.238 e. The highest BCUT2D eigenvalue weighted by Crippen LogP contribution is 2.24. The quantitative estimate of drug-likeness (QED) is 0.769. The van der Waals surface area contributed by atoms with E-state index in [0.717, 1.165) is 21.4 Å². The highest BCUT2D eigenvalue weighted by Gasteiger charge is 2.11. The third kappa shape index (κ3) is 2.35. The molecule has 2 aromatic heterocycles. The number of pyridine rings is 1. The van der Waals surface area contributed by atoms with Crippen LogP contribution in [0.15, 0.2) is 58.2 Å². The highest BCUT2D eigenvalue weighted by atomic mass is 79.9. The molecule has 20 heavy (non-hydrogen) atoms. The number of rotatable bonds is 2. The van der Waals surface area contributed by atoms with Gasteiger partial charge in [-0.1, -0.05) is 12.1 Å². The monoisotopic (exact) mass is 351 g/mol. The van der Waals surface area contributed by atoms with Crippen molar-refractivity contribution in [1.82, 2.24) is 9.38 Å². The molecule has 0 aliphatic rings. The van der Waals surface area contributed by atoms with E-state index in [4.69, 9.17) is 5.14 Å². The molecule has 2 N–H and O–H groups in total. The van der Waals surface area contributed by atoms with E-state index in [1.807, 2.05) is 28.8 Å². The first-order chi connectivity index (χ1) is 9.45. The topological polar surface area (TPSA) is 77.5 Å². The molecule has 3 rings (SSSR count). The van der Waals surface area contributed by atoms with Crippen LogP contribution in [-0.2, 0) is 10.0 Å². The van der Waals surface area contributed by atoms with Crippen LogP contribution in [0, 0.1) is 0 Å². The third-order valence-corrected chi connectivity index (χ3v) is 4.31. The summed E-state index contributed by atoms with van der Waals surface area (Å²) in [5.74, 6) is 0. The lowest BCUT2D eigenvalue weighted by Crippen LogP contribution is -2.11. The van der Waals surface area contributed by atoms with Crippen molar-refractivity contribution in [2.45, 2.75) is 4.90 Å². The first-order valence-corrected chi connectivity index (χ1v) is 8.05. The van der Waals surface area contributed by atoms with Crippen molar-refractivity contribution < 1.29 is 8.42 Å². The van der Waals surface area contributed by atoms with Crippen molar-refractivity contribution in [1.29, 1.82) is 0 Å². The fourth-order valence-electron chi connectivity index (χ4n) is 2.00. The number of hydrogen-bond donors (Lipinski definition) is 1. The second kappa shape index (κ2) is 4.69. The number of fused-ring (bicyclic) bond motifs is 1. The second-order valence-corrected chi connectivity index (χ2v) is 6.77. The second-order valence-electron chi connectivity index (χ2n) is 4.29. The number of imidazole rings is 1. The molecule has 7 heteroatoms. The fraction of sp³-hybridized carbons (Fsp3) is 0. The molecule has 2 heterocycles. The molecule has 0 fully saturated rings. The van der Waals surface area contributed by atoms with E-state index >= 15 is 0 Å². The van der Waals surface area contributed by atoms with E-state index in [9.17, 15) is 8.42 Å². The zero-order valence-electron chi connectivity index (χ0n) is 10.2. The molecule has 1 aromatic carbocycles. The standard InChI is InChI=1S/C13H10BrN3O2S/c14-10-4-5-13-16-7-12(17(13)8-10)9-2-1-3-11(6-9)20(15,18)19/h1-8H,(H2,15,18,19). The molecule has 102 valence electrons. The maximum atomic E-state index is 11.4. The van der Waals surface area contributed by atoms with Crippen LogP contribution in [0.25, 0.3) is 16.9 Å². The summed E-state index contributed by atoms with van der Waals surface area (Å²) in [6.07, 6.45) is 3.57. The van der Waals surface area contributed by atoms with Crippen molar-refractivity contribution in [3.8, 4) is 11.3 Å². The van der Waals surface area contributed by atoms with Crippen LogP contribution in [0.1, 0.15) is 0 Å². The zero-order chi connectivity index (χ0) is 14.3. The minimum Gasteiger partial charge on any atom is -0.299 e. The zero-order valence-corrected chi connectivity index (χ0v) is 12.6. The molecule has 0 saturated carbocycles. The molecule has 0 saturated heterocycles. The van der Waals surface area contributed by atoms with Gasteiger partial charge in [-0.15, -0.1) is 0 Å². The van der Waals surface area contributed by atoms with Gasteiger partial charge in [-0.2, -0.15) is 0 Å². The maximum absolute atomic E-state index is 11.4. The van der Waals surface area contributed by atoms with Gasteiger partial charge in [-0.3, -0.25) is 4.40 Å². The predicted molar refractivity (Wildman–Crippen MR) is 79.7 cm³/mol. The molecule has 5 nitrogen and oxygen atoms in total. The Morgan fingerprint density at radius 2 is 2.00 bits per heavy atom. The normalized spacial score (nSPS) is 11.9. The Kier molecular flexibility index (Phi) is 3.12. The number of nitrogens with two attached hydrogens (primary N) is 1. The molecule has 3 aromatic rings. The summed E-state index contributed by atoms with van der Waals surface area (Å²) in [4.78, 5) is 4.37. The molecule has 0 spiro atoms. The van der Waals surface area contributed by atoms with Gasteiger partial charge in [-0.25, -0.2) is 18.5 Å². The van der Waals surface area contributed by atoms with Gasteiger partial charge in [0.15, 0.2) is 0 Å². The number of sulfonamides is 1. The lowest BCUT2D eigenvalue weighted by atomic mass is 10.2. The molecule has 0 amide bonds. The third-order valence-electron chi connectivity index (χ3n) is 2.93. The Balaban J connectivity index is 2.23. The number of benzene rings is 1. The van der Waals surface area contributed by atoms with Gasteiger partial charge in [0.2, 0.25) is 10.0 Å². The van der Waals surface area contributed by atoms with Gasteiger partial charge in [0.25, 0.3) is 0 Å². The Morgan fingerprint density at radius 3 is 2.75 bits per heavy atom. The molecular formula is C13H10BrN3O2S. The first kappa shape index (κ1) is 13.3. The molecule has 0 unspecified atom stereocenters. The summed E-state index contributed by atoms with van der Waals surface area (Å²) < 4.78 is 25.6. The Morgan fingerprint density at radius 1 is 1.20 bits per heavy atom. The number of aromatic nitrogens is 2. The van der Waals surface area contributed by atoms with Crippen molar-refractivity contribution in [3.63, 3.8) is 0 Å². The van der Waals surface area contributed by atoms with E-state index in [0.29, 0.717) is 0 Å². The Labute approximate surface area is 124 Å². The van der Waals surface area contributed by atoms with Crippen LogP contribution in [0.2, 0.25) is 0 Å². The molecule has 0 radical (unpaired) electrons. The predicted octanol–water partition coefficient (Wildman–Crippen LogP) is 2.41. The average molecular weight is 352 g/mol. The van der Waals surface area contributed by atoms with Crippen molar-refractivity contribution in [2.24, 2.45) is 5.14 Å². The van der Waals surface area contributed by atoms with E-state index in [2.05, 4.69) is 20.9 Å². The highest BCUT2D eigenvalue weighted by molar-refractivity contribution is 9.10. The first-order valence-electron chi connectivity index (χ1n) is 5.71. The van der Waals surface area contributed by atoms with Gasteiger partial charge >= 0.3 is 0 Å². The van der Waals surface area contributed by atoms with Crippen LogP contribution in [0.4, 0.5) is 0 Å². The smallest absolute Gasteiger partial charge is 0.238 e. The number of halogens is 1. The molecule has 0 aliphatic heterocycles. The average Bonchev–Trinajstić information content (AvgIpc) is 2.81. The van der Waals surface area contributed by atoms with Gasteiger partial charge in [0.05, 0.1) is 16.8 Å². The van der Waals surface area contributed by atoms with Crippen LogP contribution >= 0.6 is 15.9 Å². The van der Waals surface area contributed by atoms with Crippen molar-refractivity contribution >= 4 is 31.6 Å². The van der Waals surface area contributed by atoms with Crippen LogP contribution < -0.4 is 5.14 Å². The Bertz CT molecular complexity index is 903. The lowest BCUT2D eigenvalue weighted by Gasteiger charge is -2.04. The number of hydrogen-bond acceptors (Lipinski definition) is 3. The largest absolute Gasteiger partial charge is 0.299 e. The van der Waals surface area contributed by atoms with Crippen LogP contribution in [-0.4, -0.2) is 17.8 Å². The summed E-state index contributed by atoms with van der Waals surface area (Å²) in [7, 11) is -3.72. The number of primary sulfonamides is 1. The van der Waals surface area contributed by atoms with Gasteiger partial charge in [-0.05, 0) is 40.2 Å². The van der Waals surface area contributed by atoms with Crippen molar-refractivity contribution in [3.05, 3.63) is 53.3 Å². The number of nitrogens with zero attached hydrogens (tertiary/aromatic N) is 2. The molecule has 0 bridgehead atoms. The fourth-order valence-corrected chi connectivity index (χ4v) is 2.90. The molecule has 0 aliphatic carbocycles. The lowest BCUT2D eigenvalue weighted by molar-refractivity contribution is 0.598. The minimum atomic E-state index is -3.72. The van der Waals surface area contributed by atoms with Crippen molar-refractivity contribution in [2.75, 3.05) is 0 Å². The summed E-state index contributed by atoms with van der Waals surface area (Å²) >= 11 is 3.41. The summed E-state index contributed by atoms with van der Waals surface area (Å²) in [5, 5.41) is 5.16. The molecule has 0 atom stereocenters. The summed E-state index contributed by atoms with van der Waals surface area (Å²) in [6, 6.07) is 10.3. The summed E-state index contributed by atoms with van der Waals surface area (Å²) in [6.45, 7) is 0. The van der Waals surface area contributed by atoms with Gasteiger partial charge in [0, 0.05) is 16.2 Å². The van der Waals surface area contributed by atoms with Crippen LogP contribution in [0.3, 0.4) is 0 Å². The van der Waals surface area contributed by atoms with E-state index in [-0.39, 0.29) is 4.90 Å². The minimum absolute atomic E-state index is 0.0833. The van der Waals surface area contributed by atoms with Gasteiger partial charge in [0.1, 0.15) is 5.65 Å². The molecular weight excluding hydrogens is 342 g/mol. The van der Waals surface area contributed by atoms with Crippen LogP contribution in [0.5, 0.6) is 0 Å². The Hall–Kier alpha value is -1.70. The van der Waals surface area contributed by atoms with E-state index < -0.39 is 10.0 Å². The summed E-state index contributed by atoms with van der Waals surface area (Å²) in [5.41, 5.74) is 2.32. The SMILES string of the molecule is NS(=O)(=O)c1cccc(-c2cnc3ccc(Br)cn23)c1. The van der Waals surface area contributed by atoms with E-state index in [1.54, 1.807) is 18.3 Å².